The van der Waals surface area contributed by atoms with Gasteiger partial charge >= 0.3 is 0 Å². The van der Waals surface area contributed by atoms with Gasteiger partial charge in [-0.05, 0) is 12.2 Å². The summed E-state index contributed by atoms with van der Waals surface area (Å²) in [4.78, 5) is 4.25. The summed E-state index contributed by atoms with van der Waals surface area (Å²) in [6.07, 6.45) is 1.62. The van der Waals surface area contributed by atoms with Crippen molar-refractivity contribution in [3.05, 3.63) is 21.7 Å². The molecule has 0 aliphatic carbocycles. The van der Waals surface area contributed by atoms with Gasteiger partial charge < -0.3 is 14.2 Å². The van der Waals surface area contributed by atoms with Crippen molar-refractivity contribution in [1.29, 1.82) is 0 Å². The molecule has 0 saturated carbocycles. The zero-order chi connectivity index (χ0) is 14.5. The fourth-order valence-electron chi connectivity index (χ4n) is 1.56. The third-order valence-corrected chi connectivity index (χ3v) is 3.48. The van der Waals surface area contributed by atoms with Gasteiger partial charge in [-0.3, -0.25) is 5.10 Å². The fourth-order valence-corrected chi connectivity index (χ4v) is 2.28. The Hall–Kier alpha value is -1.93. The molecule has 0 amide bonds. The van der Waals surface area contributed by atoms with E-state index in [1.54, 1.807) is 39.7 Å². The van der Waals surface area contributed by atoms with Crippen LogP contribution in [0.15, 0.2) is 17.1 Å². The molecule has 2 aromatic rings. The SMILES string of the molecule is COc1cc(OC)c(/C=N/c2n[nH]c(=S)s2)c(OC)c1. The van der Waals surface area contributed by atoms with Gasteiger partial charge in [0.15, 0.2) is 3.95 Å². The van der Waals surface area contributed by atoms with Gasteiger partial charge in [0.2, 0.25) is 5.13 Å². The molecule has 0 aliphatic heterocycles. The molecule has 2 rings (SSSR count). The molecule has 20 heavy (non-hydrogen) atoms. The number of benzene rings is 1. The van der Waals surface area contributed by atoms with Gasteiger partial charge in [-0.25, -0.2) is 4.99 Å². The number of aliphatic imine (C=N–C) groups is 1. The zero-order valence-corrected chi connectivity index (χ0v) is 12.8. The highest BCUT2D eigenvalue weighted by Crippen LogP contribution is 2.33. The van der Waals surface area contributed by atoms with E-state index in [4.69, 9.17) is 26.4 Å². The minimum atomic E-state index is 0.537. The fraction of sp³-hybridized carbons (Fsp3) is 0.250. The molecule has 1 aromatic heterocycles. The van der Waals surface area contributed by atoms with Gasteiger partial charge in [-0.1, -0.05) is 11.3 Å². The lowest BCUT2D eigenvalue weighted by molar-refractivity contribution is 0.374. The average molecular weight is 311 g/mol. The number of H-pyrrole nitrogens is 1. The number of hydrogen-bond acceptors (Lipinski definition) is 7. The summed E-state index contributed by atoms with van der Waals surface area (Å²) in [5, 5.41) is 7.17. The molecule has 0 unspecified atom stereocenters. The van der Waals surface area contributed by atoms with Crippen molar-refractivity contribution in [2.75, 3.05) is 21.3 Å². The Morgan fingerprint density at radius 1 is 1.20 bits per heavy atom. The Bertz CT molecular complexity index is 654. The highest BCUT2D eigenvalue weighted by molar-refractivity contribution is 7.73. The molecule has 1 N–H and O–H groups in total. The van der Waals surface area contributed by atoms with E-state index >= 15 is 0 Å². The highest BCUT2D eigenvalue weighted by Gasteiger charge is 2.11. The summed E-state index contributed by atoms with van der Waals surface area (Å²) in [5.74, 6) is 1.85. The minimum Gasteiger partial charge on any atom is -0.496 e. The smallest absolute Gasteiger partial charge is 0.230 e. The topological polar surface area (TPSA) is 68.7 Å². The quantitative estimate of drug-likeness (QED) is 0.679. The summed E-state index contributed by atoms with van der Waals surface area (Å²) < 4.78 is 16.4. The van der Waals surface area contributed by atoms with Crippen LogP contribution in [0.25, 0.3) is 0 Å². The molecule has 106 valence electrons. The van der Waals surface area contributed by atoms with Crippen LogP contribution in [0.1, 0.15) is 5.56 Å². The number of rotatable bonds is 5. The van der Waals surface area contributed by atoms with Gasteiger partial charge in [0.05, 0.1) is 26.9 Å². The Morgan fingerprint density at radius 2 is 1.85 bits per heavy atom. The largest absolute Gasteiger partial charge is 0.496 e. The number of methoxy groups -OCH3 is 3. The van der Waals surface area contributed by atoms with Crippen LogP contribution in [-0.4, -0.2) is 37.7 Å². The Labute approximate surface area is 125 Å². The first kappa shape index (κ1) is 14.5. The van der Waals surface area contributed by atoms with Gasteiger partial charge in [0, 0.05) is 18.3 Å². The Balaban J connectivity index is 2.43. The normalized spacial score (nSPS) is 10.8. The van der Waals surface area contributed by atoms with E-state index in [2.05, 4.69) is 15.2 Å². The van der Waals surface area contributed by atoms with Crippen LogP contribution in [0.2, 0.25) is 0 Å². The molecule has 0 saturated heterocycles. The van der Waals surface area contributed by atoms with E-state index in [1.165, 1.54) is 11.3 Å². The molecule has 0 spiro atoms. The summed E-state index contributed by atoms with van der Waals surface area (Å²) in [6.45, 7) is 0. The van der Waals surface area contributed by atoms with Gasteiger partial charge in [0.25, 0.3) is 0 Å². The van der Waals surface area contributed by atoms with Crippen molar-refractivity contribution in [2.45, 2.75) is 0 Å². The summed E-state index contributed by atoms with van der Waals surface area (Å²) in [5.41, 5.74) is 0.705. The van der Waals surface area contributed by atoms with Crippen LogP contribution in [-0.2, 0) is 0 Å². The number of aromatic nitrogens is 2. The summed E-state index contributed by atoms with van der Waals surface area (Å²) in [7, 11) is 4.73. The minimum absolute atomic E-state index is 0.537. The van der Waals surface area contributed by atoms with E-state index in [0.717, 1.165) is 0 Å². The van der Waals surface area contributed by atoms with Crippen LogP contribution >= 0.6 is 23.6 Å². The van der Waals surface area contributed by atoms with E-state index in [0.29, 0.717) is 31.9 Å². The second kappa shape index (κ2) is 6.49. The number of ether oxygens (including phenoxy) is 3. The molecule has 1 heterocycles. The number of hydrogen-bond donors (Lipinski definition) is 1. The van der Waals surface area contributed by atoms with Crippen molar-refractivity contribution < 1.29 is 14.2 Å². The first-order chi connectivity index (χ1) is 9.67. The van der Waals surface area contributed by atoms with Crippen LogP contribution in [0.5, 0.6) is 17.2 Å². The maximum absolute atomic E-state index is 5.33. The van der Waals surface area contributed by atoms with Crippen molar-refractivity contribution >= 4 is 34.9 Å². The molecule has 0 fully saturated rings. The maximum atomic E-state index is 5.33. The van der Waals surface area contributed by atoms with E-state index in [-0.39, 0.29) is 0 Å². The molecule has 8 heteroatoms. The summed E-state index contributed by atoms with van der Waals surface area (Å²) in [6, 6.07) is 3.52. The van der Waals surface area contributed by atoms with Crippen LogP contribution < -0.4 is 14.2 Å². The number of nitrogens with one attached hydrogen (secondary N) is 1. The van der Waals surface area contributed by atoms with Crippen molar-refractivity contribution in [3.8, 4) is 17.2 Å². The second-order valence-electron chi connectivity index (χ2n) is 3.60. The third-order valence-electron chi connectivity index (χ3n) is 2.48. The van der Waals surface area contributed by atoms with E-state index in [9.17, 15) is 0 Å². The van der Waals surface area contributed by atoms with Crippen molar-refractivity contribution in [3.63, 3.8) is 0 Å². The highest BCUT2D eigenvalue weighted by atomic mass is 32.1. The van der Waals surface area contributed by atoms with E-state index < -0.39 is 0 Å². The molecule has 0 bridgehead atoms. The standard InChI is InChI=1S/C12H13N3O3S2/c1-16-7-4-9(17-2)8(10(5-7)18-3)6-13-11-14-15-12(19)20-11/h4-6H,1-3H3,(H,15,19)/b13-6+. The van der Waals surface area contributed by atoms with Crippen LogP contribution in [0, 0.1) is 3.95 Å². The van der Waals surface area contributed by atoms with Crippen LogP contribution in [0.4, 0.5) is 5.13 Å². The lowest BCUT2D eigenvalue weighted by atomic mass is 10.2. The van der Waals surface area contributed by atoms with Gasteiger partial charge in [-0.2, -0.15) is 0 Å². The van der Waals surface area contributed by atoms with Crippen molar-refractivity contribution in [1.82, 2.24) is 10.2 Å². The zero-order valence-electron chi connectivity index (χ0n) is 11.2. The molecule has 0 radical (unpaired) electrons. The van der Waals surface area contributed by atoms with Crippen LogP contribution in [0.3, 0.4) is 0 Å². The third kappa shape index (κ3) is 3.14. The Morgan fingerprint density at radius 3 is 2.30 bits per heavy atom. The van der Waals surface area contributed by atoms with Gasteiger partial charge in [-0.15, -0.1) is 5.10 Å². The predicted octanol–water partition coefficient (Wildman–Crippen LogP) is 2.98. The lowest BCUT2D eigenvalue weighted by Crippen LogP contribution is -1.97. The molecule has 6 nitrogen and oxygen atoms in total. The number of aromatic amines is 1. The maximum Gasteiger partial charge on any atom is 0.230 e. The number of nitrogens with zero attached hydrogens (tertiary/aromatic N) is 2. The first-order valence-electron chi connectivity index (χ1n) is 5.57. The molecule has 0 aliphatic rings. The van der Waals surface area contributed by atoms with E-state index in [1.807, 2.05) is 0 Å². The first-order valence-corrected chi connectivity index (χ1v) is 6.80. The molecule has 1 aromatic carbocycles. The molecule has 0 atom stereocenters. The molecular formula is C12H13N3O3S2. The predicted molar refractivity (Wildman–Crippen MR) is 80.7 cm³/mol. The Kier molecular flexibility index (Phi) is 4.70. The summed E-state index contributed by atoms with van der Waals surface area (Å²) >= 11 is 6.24. The lowest BCUT2D eigenvalue weighted by Gasteiger charge is -2.11. The van der Waals surface area contributed by atoms with Gasteiger partial charge in [0.1, 0.15) is 17.2 Å². The molecular weight excluding hydrogens is 298 g/mol. The monoisotopic (exact) mass is 311 g/mol. The van der Waals surface area contributed by atoms with Crippen molar-refractivity contribution in [2.24, 2.45) is 4.99 Å². The average Bonchev–Trinajstić information content (AvgIpc) is 2.89. The second-order valence-corrected chi connectivity index (χ2v) is 5.24.